The summed E-state index contributed by atoms with van der Waals surface area (Å²) in [5, 5.41) is 17.6. The Morgan fingerprint density at radius 2 is 1.24 bits per heavy atom. The van der Waals surface area contributed by atoms with E-state index in [1.807, 2.05) is 26.0 Å². The number of rotatable bonds is 15. The van der Waals surface area contributed by atoms with Crippen molar-refractivity contribution >= 4 is 11.9 Å². The molecule has 0 heterocycles. The van der Waals surface area contributed by atoms with Crippen molar-refractivity contribution in [3.8, 4) is 0 Å². The van der Waals surface area contributed by atoms with E-state index in [1.54, 1.807) is 0 Å². The second-order valence-electron chi connectivity index (χ2n) is 6.41. The van der Waals surface area contributed by atoms with Crippen LogP contribution in [0.3, 0.4) is 0 Å². The van der Waals surface area contributed by atoms with E-state index >= 15 is 0 Å². The molecule has 0 aromatic rings. The Kier molecular flexibility index (Phi) is 19.2. The molecule has 0 fully saturated rings. The van der Waals surface area contributed by atoms with Gasteiger partial charge in [-0.1, -0.05) is 45.3 Å². The Morgan fingerprint density at radius 3 is 1.56 bits per heavy atom. The van der Waals surface area contributed by atoms with Gasteiger partial charge in [0.05, 0.1) is 11.8 Å². The highest BCUT2D eigenvalue weighted by Gasteiger charge is 2.15. The molecule has 0 rings (SSSR count). The molecule has 2 atom stereocenters. The van der Waals surface area contributed by atoms with Gasteiger partial charge in [-0.15, -0.1) is 13.2 Å². The summed E-state index contributed by atoms with van der Waals surface area (Å²) in [5.41, 5.74) is 0. The zero-order valence-electron chi connectivity index (χ0n) is 16.2. The molecule has 2 unspecified atom stereocenters. The zero-order valence-corrected chi connectivity index (χ0v) is 16.2. The van der Waals surface area contributed by atoms with Crippen molar-refractivity contribution in [2.24, 2.45) is 11.8 Å². The van der Waals surface area contributed by atoms with Crippen molar-refractivity contribution in [2.45, 2.75) is 84.5 Å². The first-order valence-corrected chi connectivity index (χ1v) is 9.61. The van der Waals surface area contributed by atoms with E-state index < -0.39 is 11.9 Å². The second-order valence-corrected chi connectivity index (χ2v) is 6.41. The summed E-state index contributed by atoms with van der Waals surface area (Å²) in [5.74, 6) is -1.57. The lowest BCUT2D eigenvalue weighted by Gasteiger charge is -2.09. The van der Waals surface area contributed by atoms with E-state index in [0.29, 0.717) is 0 Å². The minimum atomic E-state index is -0.656. The first kappa shape index (κ1) is 25.7. The van der Waals surface area contributed by atoms with Gasteiger partial charge in [-0.3, -0.25) is 9.59 Å². The third kappa shape index (κ3) is 17.0. The number of carboxylic acid groups (broad SMARTS) is 2. The van der Waals surface area contributed by atoms with Crippen LogP contribution in [0.25, 0.3) is 0 Å². The minimum absolute atomic E-state index is 0.130. The molecule has 0 aliphatic carbocycles. The lowest BCUT2D eigenvalue weighted by molar-refractivity contribution is -0.143. The van der Waals surface area contributed by atoms with Gasteiger partial charge in [0.2, 0.25) is 0 Å². The molecule has 0 amide bonds. The van der Waals surface area contributed by atoms with Crippen molar-refractivity contribution in [3.05, 3.63) is 25.3 Å². The maximum absolute atomic E-state index is 10.7. The fraction of sp³-hybridized carbons (Fsp3) is 0.714. The predicted octanol–water partition coefficient (Wildman–Crippen LogP) is 6.08. The summed E-state index contributed by atoms with van der Waals surface area (Å²) in [7, 11) is 0. The first-order chi connectivity index (χ1) is 11.9. The lowest BCUT2D eigenvalue weighted by Crippen LogP contribution is -2.13. The van der Waals surface area contributed by atoms with Crippen LogP contribution in [0.1, 0.15) is 84.5 Å². The van der Waals surface area contributed by atoms with Crippen LogP contribution in [0.5, 0.6) is 0 Å². The largest absolute Gasteiger partial charge is 0.481 e. The predicted molar refractivity (Wildman–Crippen MR) is 105 cm³/mol. The van der Waals surface area contributed by atoms with E-state index in [0.717, 1.165) is 70.6 Å². The molecule has 4 heteroatoms. The minimum Gasteiger partial charge on any atom is -0.481 e. The Bertz CT molecular complexity index is 363. The van der Waals surface area contributed by atoms with Gasteiger partial charge in [0.15, 0.2) is 0 Å². The Morgan fingerprint density at radius 1 is 0.800 bits per heavy atom. The van der Waals surface area contributed by atoms with Crippen molar-refractivity contribution in [2.75, 3.05) is 0 Å². The average Bonchev–Trinajstić information content (AvgIpc) is 2.58. The number of aliphatic carboxylic acids is 2. The molecular weight excluding hydrogens is 316 g/mol. The number of carboxylic acids is 2. The molecule has 0 saturated carbocycles. The van der Waals surface area contributed by atoms with E-state index in [4.69, 9.17) is 10.2 Å². The van der Waals surface area contributed by atoms with Crippen LogP contribution in [-0.2, 0) is 9.59 Å². The van der Waals surface area contributed by atoms with E-state index in [-0.39, 0.29) is 11.8 Å². The second kappa shape index (κ2) is 18.8. The Hall–Kier alpha value is -1.58. The summed E-state index contributed by atoms with van der Waals surface area (Å²) in [6.45, 7) is 11.2. The van der Waals surface area contributed by atoms with Crippen molar-refractivity contribution in [1.82, 2.24) is 0 Å². The fourth-order valence-electron chi connectivity index (χ4n) is 2.60. The zero-order chi connectivity index (χ0) is 19.5. The van der Waals surface area contributed by atoms with Crippen LogP contribution >= 0.6 is 0 Å². The normalized spacial score (nSPS) is 12.4. The highest BCUT2D eigenvalue weighted by atomic mass is 16.4. The molecule has 0 saturated heterocycles. The van der Waals surface area contributed by atoms with Gasteiger partial charge in [0, 0.05) is 0 Å². The molecule has 0 aromatic heterocycles. The third-order valence-electron chi connectivity index (χ3n) is 4.25. The topological polar surface area (TPSA) is 74.6 Å². The smallest absolute Gasteiger partial charge is 0.306 e. The molecular formula is C21H38O4. The van der Waals surface area contributed by atoms with Gasteiger partial charge in [-0.25, -0.2) is 0 Å². The Labute approximate surface area is 154 Å². The SMILES string of the molecule is C=CCCCCC(CC)C(=O)O.C=CCCCCC(CCC)C(=O)O. The van der Waals surface area contributed by atoms with Gasteiger partial charge in [-0.2, -0.15) is 0 Å². The van der Waals surface area contributed by atoms with Crippen molar-refractivity contribution < 1.29 is 19.8 Å². The van der Waals surface area contributed by atoms with Crippen LogP contribution in [0.15, 0.2) is 25.3 Å². The van der Waals surface area contributed by atoms with Crippen LogP contribution < -0.4 is 0 Å². The summed E-state index contributed by atoms with van der Waals surface area (Å²) < 4.78 is 0. The maximum atomic E-state index is 10.7. The monoisotopic (exact) mass is 354 g/mol. The molecule has 4 nitrogen and oxygen atoms in total. The number of allylic oxidation sites excluding steroid dienone is 2. The van der Waals surface area contributed by atoms with E-state index in [1.165, 1.54) is 0 Å². The molecule has 0 spiro atoms. The number of hydrogen-bond donors (Lipinski definition) is 2. The summed E-state index contributed by atoms with van der Waals surface area (Å²) in [4.78, 5) is 21.3. The highest BCUT2D eigenvalue weighted by Crippen LogP contribution is 2.16. The van der Waals surface area contributed by atoms with Crippen LogP contribution in [0, 0.1) is 11.8 Å². The standard InChI is InChI=1S/C11H20O2.C10H18O2/c1-3-5-6-7-9-10(8-4-2)11(12)13;1-3-5-6-7-8-9(4-2)10(11)12/h3,10H,1,4-9H2,2H3,(H,12,13);3,9H,1,4-8H2,2H3,(H,11,12). The lowest BCUT2D eigenvalue weighted by atomic mass is 9.97. The Balaban J connectivity index is 0. The molecule has 0 aliphatic rings. The van der Waals surface area contributed by atoms with Crippen LogP contribution in [0.2, 0.25) is 0 Å². The summed E-state index contributed by atoms with van der Waals surface area (Å²) >= 11 is 0. The van der Waals surface area contributed by atoms with Crippen LogP contribution in [-0.4, -0.2) is 22.2 Å². The fourth-order valence-corrected chi connectivity index (χ4v) is 2.60. The summed E-state index contributed by atoms with van der Waals surface area (Å²) in [6.07, 6.45) is 14.0. The van der Waals surface area contributed by atoms with Gasteiger partial charge in [-0.05, 0) is 51.4 Å². The van der Waals surface area contributed by atoms with Gasteiger partial charge < -0.3 is 10.2 Å². The van der Waals surface area contributed by atoms with Gasteiger partial charge in [0.25, 0.3) is 0 Å². The molecule has 0 aromatic carbocycles. The molecule has 2 N–H and O–H groups in total. The third-order valence-corrected chi connectivity index (χ3v) is 4.25. The highest BCUT2D eigenvalue weighted by molar-refractivity contribution is 5.70. The molecule has 0 bridgehead atoms. The van der Waals surface area contributed by atoms with E-state index in [2.05, 4.69) is 13.2 Å². The van der Waals surface area contributed by atoms with Crippen molar-refractivity contribution in [1.29, 1.82) is 0 Å². The van der Waals surface area contributed by atoms with E-state index in [9.17, 15) is 9.59 Å². The molecule has 0 aliphatic heterocycles. The average molecular weight is 355 g/mol. The van der Waals surface area contributed by atoms with Crippen molar-refractivity contribution in [3.63, 3.8) is 0 Å². The van der Waals surface area contributed by atoms with Crippen LogP contribution in [0.4, 0.5) is 0 Å². The molecule has 25 heavy (non-hydrogen) atoms. The molecule has 0 radical (unpaired) electrons. The first-order valence-electron chi connectivity index (χ1n) is 9.61. The molecule has 146 valence electrons. The van der Waals surface area contributed by atoms with Gasteiger partial charge in [0.1, 0.15) is 0 Å². The number of hydrogen-bond acceptors (Lipinski definition) is 2. The number of carbonyl (C=O) groups is 2. The quantitative estimate of drug-likeness (QED) is 0.276. The summed E-state index contributed by atoms with van der Waals surface area (Å²) in [6, 6.07) is 0. The maximum Gasteiger partial charge on any atom is 0.306 e. The number of unbranched alkanes of at least 4 members (excludes halogenated alkanes) is 4. The van der Waals surface area contributed by atoms with Gasteiger partial charge >= 0.3 is 11.9 Å².